The quantitative estimate of drug-likeness (QED) is 0.212. The summed E-state index contributed by atoms with van der Waals surface area (Å²) in [7, 11) is -4.51. The number of nitrogens with one attached hydrogen (secondary N) is 3. The molecule has 1 unspecified atom stereocenters. The Balaban J connectivity index is 1.54. The molecule has 3 N–H and O–H groups in total. The number of amides is 1. The lowest BCUT2D eigenvalue weighted by Crippen LogP contribution is -2.36. The smallest absolute Gasteiger partial charge is 0.416 e. The second-order valence-corrected chi connectivity index (χ2v) is 14.5. The van der Waals surface area contributed by atoms with Gasteiger partial charge < -0.3 is 15.4 Å². The maximum absolute atomic E-state index is 13.4. The lowest BCUT2D eigenvalue weighted by Gasteiger charge is -2.28. The van der Waals surface area contributed by atoms with E-state index in [1.165, 1.54) is 18.2 Å². The van der Waals surface area contributed by atoms with Gasteiger partial charge in [0, 0.05) is 41.5 Å². The second-order valence-electron chi connectivity index (χ2n) is 11.9. The molecule has 0 radical (unpaired) electrons. The van der Waals surface area contributed by atoms with Crippen LogP contribution in [0.25, 0.3) is 0 Å². The largest absolute Gasteiger partial charge is 0.493 e. The van der Waals surface area contributed by atoms with Gasteiger partial charge in [-0.3, -0.25) is 4.79 Å². The Morgan fingerprint density at radius 2 is 1.73 bits per heavy atom. The number of alkyl halides is 3. The highest BCUT2D eigenvalue weighted by Gasteiger charge is 2.33. The van der Waals surface area contributed by atoms with Gasteiger partial charge in [-0.05, 0) is 59.0 Å². The summed E-state index contributed by atoms with van der Waals surface area (Å²) < 4.78 is 74.6. The van der Waals surface area contributed by atoms with E-state index in [0.717, 1.165) is 35.9 Å². The molecular weight excluding hydrogens is 638 g/mol. The molecular formula is C31H34Cl2F3N3O4S. The lowest BCUT2D eigenvalue weighted by atomic mass is 9.96. The van der Waals surface area contributed by atoms with Crippen LogP contribution in [0.2, 0.25) is 10.0 Å². The van der Waals surface area contributed by atoms with Crippen LogP contribution in [-0.2, 0) is 27.5 Å². The number of carbonyl (C=O) groups excluding carboxylic acids is 1. The Morgan fingerprint density at radius 3 is 2.39 bits per heavy atom. The Bertz CT molecular complexity index is 1590. The number of carbonyl (C=O) groups is 1. The first-order valence-corrected chi connectivity index (χ1v) is 16.2. The Hall–Kier alpha value is -2.83. The van der Waals surface area contributed by atoms with Crippen molar-refractivity contribution in [2.45, 2.75) is 63.3 Å². The van der Waals surface area contributed by atoms with Crippen LogP contribution in [-0.4, -0.2) is 27.5 Å². The van der Waals surface area contributed by atoms with E-state index in [-0.39, 0.29) is 27.4 Å². The van der Waals surface area contributed by atoms with Crippen molar-refractivity contribution >= 4 is 39.1 Å². The highest BCUT2D eigenvalue weighted by Crippen LogP contribution is 2.34. The summed E-state index contributed by atoms with van der Waals surface area (Å²) >= 11 is 12.3. The minimum atomic E-state index is -4.74. The molecule has 0 aromatic heterocycles. The van der Waals surface area contributed by atoms with Crippen molar-refractivity contribution in [1.82, 2.24) is 15.4 Å². The monoisotopic (exact) mass is 671 g/mol. The number of hydrogen-bond donors (Lipinski definition) is 3. The molecule has 2 atom stereocenters. The van der Waals surface area contributed by atoms with Gasteiger partial charge in [0.2, 0.25) is 15.9 Å². The van der Waals surface area contributed by atoms with E-state index < -0.39 is 44.6 Å². The molecule has 1 aliphatic heterocycles. The van der Waals surface area contributed by atoms with Gasteiger partial charge >= 0.3 is 6.18 Å². The van der Waals surface area contributed by atoms with Crippen molar-refractivity contribution in [3.63, 3.8) is 0 Å². The van der Waals surface area contributed by atoms with Gasteiger partial charge in [0.25, 0.3) is 0 Å². The van der Waals surface area contributed by atoms with Crippen molar-refractivity contribution in [1.29, 1.82) is 0 Å². The normalized spacial score (nSPS) is 16.1. The molecule has 238 valence electrons. The molecule has 1 heterocycles. The first-order chi connectivity index (χ1) is 20.5. The minimum absolute atomic E-state index is 0.135. The van der Waals surface area contributed by atoms with E-state index in [4.69, 9.17) is 27.9 Å². The van der Waals surface area contributed by atoms with E-state index in [1.54, 1.807) is 0 Å². The van der Waals surface area contributed by atoms with E-state index in [2.05, 4.69) is 36.1 Å². The third-order valence-electron chi connectivity index (χ3n) is 6.88. The van der Waals surface area contributed by atoms with Gasteiger partial charge in [0.05, 0.1) is 29.1 Å². The fourth-order valence-corrected chi connectivity index (χ4v) is 6.63. The highest BCUT2D eigenvalue weighted by atomic mass is 35.5. The van der Waals surface area contributed by atoms with Crippen LogP contribution >= 0.6 is 23.2 Å². The topological polar surface area (TPSA) is 96.5 Å². The van der Waals surface area contributed by atoms with Gasteiger partial charge in [-0.15, -0.1) is 0 Å². The van der Waals surface area contributed by atoms with Gasteiger partial charge in [-0.25, -0.2) is 13.1 Å². The molecule has 0 saturated heterocycles. The molecule has 3 aromatic rings. The molecule has 0 aliphatic carbocycles. The van der Waals surface area contributed by atoms with Crippen LogP contribution in [0.1, 0.15) is 68.0 Å². The SMILES string of the molecule is CC(C)(C)CNCc1ccc2c(c1)OCC[C@H]2NC(=O)CC(NS(=O)(=O)c1cccc(C(F)(F)F)c1)c1cc(Cl)cc(Cl)c1. The van der Waals surface area contributed by atoms with E-state index >= 15 is 0 Å². The standard InChI is InChI=1S/C31H34Cl2F3N3O4S/c1-30(2,3)18-37-17-19-7-8-25-26(9-10-43-28(25)11-19)38-29(40)16-27(20-12-22(32)15-23(33)13-20)39-44(41,42)24-6-4-5-21(14-24)31(34,35)36/h4-8,11-15,26-27,37,39H,9-10,16-18H2,1-3H3,(H,38,40)/t26-,27?/m1/s1. The molecule has 7 nitrogen and oxygen atoms in total. The number of rotatable bonds is 10. The maximum Gasteiger partial charge on any atom is 0.416 e. The van der Waals surface area contributed by atoms with Crippen molar-refractivity contribution in [3.05, 3.63) is 93.0 Å². The number of sulfonamides is 1. The molecule has 1 amide bonds. The van der Waals surface area contributed by atoms with Crippen LogP contribution in [0.5, 0.6) is 5.75 Å². The van der Waals surface area contributed by atoms with Gasteiger partial charge in [0.1, 0.15) is 5.75 Å². The summed E-state index contributed by atoms with van der Waals surface area (Å²) in [4.78, 5) is 12.8. The van der Waals surface area contributed by atoms with Crippen LogP contribution in [0.3, 0.4) is 0 Å². The van der Waals surface area contributed by atoms with Crippen molar-refractivity contribution in [2.75, 3.05) is 13.2 Å². The van der Waals surface area contributed by atoms with Crippen LogP contribution in [0.15, 0.2) is 65.6 Å². The number of hydrogen-bond acceptors (Lipinski definition) is 5. The molecule has 0 bridgehead atoms. The number of benzene rings is 3. The number of fused-ring (bicyclic) bond motifs is 1. The van der Waals surface area contributed by atoms with E-state index in [9.17, 15) is 26.4 Å². The molecule has 0 saturated carbocycles. The summed E-state index contributed by atoms with van der Waals surface area (Å²) in [5, 5.41) is 6.77. The Labute approximate surface area is 265 Å². The summed E-state index contributed by atoms with van der Waals surface area (Å²) in [5.74, 6) is 0.159. The Kier molecular flexibility index (Phi) is 10.6. The predicted octanol–water partition coefficient (Wildman–Crippen LogP) is 7.20. The zero-order valence-electron chi connectivity index (χ0n) is 24.4. The van der Waals surface area contributed by atoms with E-state index in [1.807, 2.05) is 18.2 Å². The lowest BCUT2D eigenvalue weighted by molar-refractivity contribution is -0.137. The third kappa shape index (κ3) is 9.34. The first kappa shape index (κ1) is 34.1. The highest BCUT2D eigenvalue weighted by molar-refractivity contribution is 7.89. The fraction of sp³-hybridized carbons (Fsp3) is 0.387. The average Bonchev–Trinajstić information content (AvgIpc) is 2.91. The van der Waals surface area contributed by atoms with Gasteiger partial charge in [-0.1, -0.05) is 62.2 Å². The predicted molar refractivity (Wildman–Crippen MR) is 164 cm³/mol. The molecule has 0 spiro atoms. The van der Waals surface area contributed by atoms with Gasteiger partial charge in [-0.2, -0.15) is 13.2 Å². The third-order valence-corrected chi connectivity index (χ3v) is 8.79. The minimum Gasteiger partial charge on any atom is -0.493 e. The van der Waals surface area contributed by atoms with Crippen LogP contribution < -0.4 is 20.1 Å². The van der Waals surface area contributed by atoms with Gasteiger partial charge in [0.15, 0.2) is 0 Å². The second kappa shape index (κ2) is 13.7. The van der Waals surface area contributed by atoms with Crippen LogP contribution in [0.4, 0.5) is 13.2 Å². The van der Waals surface area contributed by atoms with Crippen molar-refractivity contribution < 1.29 is 31.1 Å². The molecule has 3 aromatic carbocycles. The van der Waals surface area contributed by atoms with Crippen molar-refractivity contribution in [3.8, 4) is 5.75 Å². The summed E-state index contributed by atoms with van der Waals surface area (Å²) in [6, 6.07) is 11.9. The fourth-order valence-electron chi connectivity index (χ4n) is 4.81. The molecule has 1 aliphatic rings. The summed E-state index contributed by atoms with van der Waals surface area (Å²) in [6.45, 7) is 8.29. The Morgan fingerprint density at radius 1 is 1.02 bits per heavy atom. The molecule has 44 heavy (non-hydrogen) atoms. The molecule has 13 heteroatoms. The zero-order chi connectivity index (χ0) is 32.3. The van der Waals surface area contributed by atoms with Crippen molar-refractivity contribution in [2.24, 2.45) is 5.41 Å². The van der Waals surface area contributed by atoms with E-state index in [0.29, 0.717) is 31.4 Å². The first-order valence-electron chi connectivity index (χ1n) is 13.9. The van der Waals surface area contributed by atoms with Crippen LogP contribution in [0, 0.1) is 5.41 Å². The summed E-state index contributed by atoms with van der Waals surface area (Å²) in [5.41, 5.74) is 1.10. The number of halogens is 5. The zero-order valence-corrected chi connectivity index (χ0v) is 26.7. The summed E-state index contributed by atoms with van der Waals surface area (Å²) in [6.07, 6.45) is -4.63. The average molecular weight is 673 g/mol. The number of ether oxygens (including phenoxy) is 1. The maximum atomic E-state index is 13.4. The molecule has 0 fully saturated rings. The molecule has 4 rings (SSSR count).